The van der Waals surface area contributed by atoms with Gasteiger partial charge in [0.25, 0.3) is 0 Å². The Morgan fingerprint density at radius 3 is 2.21 bits per heavy atom. The molecule has 0 aliphatic carbocycles. The molecule has 2 aromatic rings. The summed E-state index contributed by atoms with van der Waals surface area (Å²) in [6.07, 6.45) is 0.931. The molecule has 2 aromatic carbocycles. The number of halogens is 1. The van der Waals surface area contributed by atoms with Crippen molar-refractivity contribution in [2.75, 3.05) is 7.05 Å². The smallest absolute Gasteiger partial charge is 0.123 e. The fourth-order valence-electron chi connectivity index (χ4n) is 2.55. The topological polar surface area (TPSA) is 12.0 Å². The largest absolute Gasteiger partial charge is 0.313 e. The van der Waals surface area contributed by atoms with Crippen molar-refractivity contribution in [3.63, 3.8) is 0 Å². The molecule has 0 saturated heterocycles. The molecule has 0 spiro atoms. The minimum absolute atomic E-state index is 0.176. The first-order valence-electron chi connectivity index (χ1n) is 6.67. The van der Waals surface area contributed by atoms with E-state index in [1.165, 1.54) is 23.3 Å². The number of benzene rings is 2. The van der Waals surface area contributed by atoms with Crippen molar-refractivity contribution in [1.82, 2.24) is 5.32 Å². The summed E-state index contributed by atoms with van der Waals surface area (Å²) in [7, 11) is 1.98. The number of nitrogens with one attached hydrogen (secondary N) is 1. The van der Waals surface area contributed by atoms with Gasteiger partial charge in [-0.1, -0.05) is 49.4 Å². The van der Waals surface area contributed by atoms with E-state index in [-0.39, 0.29) is 5.82 Å². The zero-order chi connectivity index (χ0) is 13.7. The molecule has 1 nitrogen and oxygen atoms in total. The van der Waals surface area contributed by atoms with E-state index in [9.17, 15) is 4.39 Å². The van der Waals surface area contributed by atoms with Crippen LogP contribution >= 0.6 is 0 Å². The minimum Gasteiger partial charge on any atom is -0.313 e. The highest BCUT2D eigenvalue weighted by atomic mass is 19.1. The normalized spacial score (nSPS) is 14.1. The lowest BCUT2D eigenvalue weighted by molar-refractivity contribution is 0.409. The molecular formula is C17H20FN. The molecular weight excluding hydrogens is 237 g/mol. The lowest BCUT2D eigenvalue weighted by atomic mass is 9.89. The lowest BCUT2D eigenvalue weighted by Crippen LogP contribution is -2.24. The summed E-state index contributed by atoms with van der Waals surface area (Å²) in [5.41, 5.74) is 2.46. The second-order valence-electron chi connectivity index (χ2n) is 4.98. The quantitative estimate of drug-likeness (QED) is 0.854. The van der Waals surface area contributed by atoms with Gasteiger partial charge in [0, 0.05) is 6.04 Å². The first kappa shape index (κ1) is 13.8. The Morgan fingerprint density at radius 1 is 1.00 bits per heavy atom. The molecule has 2 unspecified atom stereocenters. The van der Waals surface area contributed by atoms with Crippen molar-refractivity contribution in [3.05, 3.63) is 71.5 Å². The average molecular weight is 257 g/mol. The molecule has 0 fully saturated rings. The zero-order valence-corrected chi connectivity index (χ0v) is 11.4. The van der Waals surface area contributed by atoms with E-state index < -0.39 is 0 Å². The van der Waals surface area contributed by atoms with Gasteiger partial charge in [0.05, 0.1) is 0 Å². The van der Waals surface area contributed by atoms with Gasteiger partial charge in [0.1, 0.15) is 5.82 Å². The highest BCUT2D eigenvalue weighted by Gasteiger charge is 2.17. The van der Waals surface area contributed by atoms with Crippen LogP contribution in [0.15, 0.2) is 54.6 Å². The molecule has 0 bridgehead atoms. The molecule has 0 radical (unpaired) electrons. The molecule has 0 saturated carbocycles. The van der Waals surface area contributed by atoms with Gasteiger partial charge < -0.3 is 5.32 Å². The molecule has 0 amide bonds. The standard InChI is InChI=1S/C17H20FN/c1-13(12-14-8-10-16(18)11-9-14)17(19-2)15-6-4-3-5-7-15/h3-11,13,17,19H,12H2,1-2H3. The van der Waals surface area contributed by atoms with Crippen LogP contribution in [-0.2, 0) is 6.42 Å². The van der Waals surface area contributed by atoms with Crippen molar-refractivity contribution in [3.8, 4) is 0 Å². The van der Waals surface area contributed by atoms with Crippen LogP contribution in [0.3, 0.4) is 0 Å². The Kier molecular flexibility index (Phi) is 4.69. The van der Waals surface area contributed by atoms with Crippen molar-refractivity contribution in [2.45, 2.75) is 19.4 Å². The summed E-state index contributed by atoms with van der Waals surface area (Å²) in [4.78, 5) is 0. The second-order valence-corrected chi connectivity index (χ2v) is 4.98. The van der Waals surface area contributed by atoms with Crippen molar-refractivity contribution >= 4 is 0 Å². The monoisotopic (exact) mass is 257 g/mol. The first-order valence-corrected chi connectivity index (χ1v) is 6.67. The maximum Gasteiger partial charge on any atom is 0.123 e. The summed E-state index contributed by atoms with van der Waals surface area (Å²) in [6, 6.07) is 17.5. The van der Waals surface area contributed by atoms with Gasteiger partial charge in [-0.25, -0.2) is 4.39 Å². The maximum atomic E-state index is 12.9. The van der Waals surface area contributed by atoms with Crippen LogP contribution in [0.25, 0.3) is 0 Å². The molecule has 2 rings (SSSR count). The van der Waals surface area contributed by atoms with Gasteiger partial charge in [-0.05, 0) is 42.6 Å². The summed E-state index contributed by atoms with van der Waals surface area (Å²) in [6.45, 7) is 2.22. The number of hydrogen-bond donors (Lipinski definition) is 1. The lowest BCUT2D eigenvalue weighted by Gasteiger charge is -2.24. The Bertz CT molecular complexity index is 492. The zero-order valence-electron chi connectivity index (χ0n) is 11.4. The van der Waals surface area contributed by atoms with E-state index in [1.54, 1.807) is 0 Å². The molecule has 2 heteroatoms. The van der Waals surface area contributed by atoms with Crippen LogP contribution in [0.5, 0.6) is 0 Å². The summed E-state index contributed by atoms with van der Waals surface area (Å²) in [5.74, 6) is 0.266. The van der Waals surface area contributed by atoms with Crippen LogP contribution in [-0.4, -0.2) is 7.05 Å². The third-order valence-electron chi connectivity index (χ3n) is 3.51. The molecule has 100 valence electrons. The predicted molar refractivity (Wildman–Crippen MR) is 77.5 cm³/mol. The van der Waals surface area contributed by atoms with E-state index in [4.69, 9.17) is 0 Å². The van der Waals surface area contributed by atoms with Gasteiger partial charge in [0.2, 0.25) is 0 Å². The molecule has 0 aliphatic heterocycles. The van der Waals surface area contributed by atoms with Crippen LogP contribution in [0, 0.1) is 11.7 Å². The molecule has 0 aromatic heterocycles. The third kappa shape index (κ3) is 3.65. The van der Waals surface area contributed by atoms with E-state index in [0.717, 1.165) is 6.42 Å². The highest BCUT2D eigenvalue weighted by Crippen LogP contribution is 2.24. The molecule has 0 heterocycles. The minimum atomic E-state index is -0.176. The third-order valence-corrected chi connectivity index (χ3v) is 3.51. The Labute approximate surface area is 114 Å². The Hall–Kier alpha value is -1.67. The summed E-state index contributed by atoms with van der Waals surface area (Å²) < 4.78 is 12.9. The SMILES string of the molecule is CNC(c1ccccc1)C(C)Cc1ccc(F)cc1. The molecule has 2 atom stereocenters. The van der Waals surface area contributed by atoms with E-state index >= 15 is 0 Å². The van der Waals surface area contributed by atoms with Crippen LogP contribution < -0.4 is 5.32 Å². The van der Waals surface area contributed by atoms with Crippen LogP contribution in [0.2, 0.25) is 0 Å². The Balaban J connectivity index is 2.09. The average Bonchev–Trinajstić information content (AvgIpc) is 2.43. The number of rotatable bonds is 5. The maximum absolute atomic E-state index is 12.9. The van der Waals surface area contributed by atoms with Crippen LogP contribution in [0.4, 0.5) is 4.39 Å². The van der Waals surface area contributed by atoms with Crippen molar-refractivity contribution < 1.29 is 4.39 Å². The predicted octanol–water partition coefficient (Wildman–Crippen LogP) is 3.97. The fraction of sp³-hybridized carbons (Fsp3) is 0.294. The summed E-state index contributed by atoms with van der Waals surface area (Å²) >= 11 is 0. The van der Waals surface area contributed by atoms with E-state index in [1.807, 2.05) is 25.2 Å². The van der Waals surface area contributed by atoms with Gasteiger partial charge in [-0.15, -0.1) is 0 Å². The fourth-order valence-corrected chi connectivity index (χ4v) is 2.55. The van der Waals surface area contributed by atoms with Crippen molar-refractivity contribution in [1.29, 1.82) is 0 Å². The van der Waals surface area contributed by atoms with Gasteiger partial charge >= 0.3 is 0 Å². The Morgan fingerprint density at radius 2 is 1.63 bits per heavy atom. The van der Waals surface area contributed by atoms with Gasteiger partial charge in [-0.3, -0.25) is 0 Å². The second kappa shape index (κ2) is 6.48. The number of hydrogen-bond acceptors (Lipinski definition) is 1. The summed E-state index contributed by atoms with van der Waals surface area (Å²) in [5, 5.41) is 3.38. The molecule has 1 N–H and O–H groups in total. The van der Waals surface area contributed by atoms with Gasteiger partial charge in [-0.2, -0.15) is 0 Å². The highest BCUT2D eigenvalue weighted by molar-refractivity contribution is 5.22. The molecule has 19 heavy (non-hydrogen) atoms. The molecule has 0 aliphatic rings. The van der Waals surface area contributed by atoms with Crippen molar-refractivity contribution in [2.24, 2.45) is 5.92 Å². The first-order chi connectivity index (χ1) is 9.20. The van der Waals surface area contributed by atoms with Gasteiger partial charge in [0.15, 0.2) is 0 Å². The van der Waals surface area contributed by atoms with E-state index in [2.05, 4.69) is 36.5 Å². The van der Waals surface area contributed by atoms with E-state index in [0.29, 0.717) is 12.0 Å². The van der Waals surface area contributed by atoms with Crippen LogP contribution in [0.1, 0.15) is 24.1 Å².